The van der Waals surface area contributed by atoms with Crippen molar-refractivity contribution >= 4 is 44.5 Å². The highest BCUT2D eigenvalue weighted by Gasteiger charge is 2.23. The Balaban J connectivity index is 1.47. The molecule has 9 nitrogen and oxygen atoms in total. The average molecular weight is 531 g/mol. The van der Waals surface area contributed by atoms with Gasteiger partial charge in [0.2, 0.25) is 5.88 Å². The number of aromatic nitrogens is 1. The molecule has 0 unspecified atom stereocenters. The van der Waals surface area contributed by atoms with Gasteiger partial charge in [-0.2, -0.15) is 4.37 Å². The number of unbranched alkanes of at least 4 members (excludes halogenated alkanes) is 1. The minimum atomic E-state index is -1.30. The number of rotatable bonds is 10. The molecule has 3 N–H and O–H groups in total. The number of carbonyl (C=O) groups is 2. The van der Waals surface area contributed by atoms with Crippen molar-refractivity contribution in [3.63, 3.8) is 0 Å². The van der Waals surface area contributed by atoms with E-state index < -0.39 is 17.8 Å². The molecule has 12 heteroatoms. The van der Waals surface area contributed by atoms with E-state index in [4.69, 9.17) is 9.47 Å². The van der Waals surface area contributed by atoms with Gasteiger partial charge in [0.15, 0.2) is 5.56 Å². The van der Waals surface area contributed by atoms with Crippen LogP contribution in [0.1, 0.15) is 28.8 Å². The van der Waals surface area contributed by atoms with Crippen molar-refractivity contribution in [3.8, 4) is 5.88 Å². The minimum absolute atomic E-state index is 0.0506. The summed E-state index contributed by atoms with van der Waals surface area (Å²) in [7, 11) is 0. The van der Waals surface area contributed by atoms with E-state index in [-0.39, 0.29) is 28.6 Å². The highest BCUT2D eigenvalue weighted by atomic mass is 79.9. The molecule has 32 heavy (non-hydrogen) atoms. The number of benzene rings is 1. The molecule has 0 atom stereocenters. The molecule has 2 heterocycles. The first-order valence-corrected chi connectivity index (χ1v) is 11.7. The van der Waals surface area contributed by atoms with Gasteiger partial charge in [-0.15, -0.1) is 0 Å². The number of carboxylic acids is 1. The molecule has 0 aliphatic carbocycles. The van der Waals surface area contributed by atoms with Crippen molar-refractivity contribution in [2.24, 2.45) is 0 Å². The summed E-state index contributed by atoms with van der Waals surface area (Å²) in [5, 5.41) is 14.8. The topological polar surface area (TPSA) is 113 Å². The Morgan fingerprint density at radius 1 is 1.31 bits per heavy atom. The molecule has 0 saturated carbocycles. The van der Waals surface area contributed by atoms with Crippen molar-refractivity contribution in [1.29, 1.82) is 0 Å². The molecule has 1 fully saturated rings. The molecule has 1 saturated heterocycles. The summed E-state index contributed by atoms with van der Waals surface area (Å²) in [5.74, 6) is -1.96. The van der Waals surface area contributed by atoms with Crippen LogP contribution >= 0.6 is 27.5 Å². The summed E-state index contributed by atoms with van der Waals surface area (Å²) in [5.41, 5.74) is -0.0168. The number of nitrogens with one attached hydrogen (secondary N) is 2. The van der Waals surface area contributed by atoms with E-state index in [1.165, 1.54) is 12.1 Å². The molecular weight excluding hydrogens is 507 g/mol. The summed E-state index contributed by atoms with van der Waals surface area (Å²) >= 11 is 3.96. The number of hydrogen-bond donors (Lipinski definition) is 3. The molecule has 174 valence electrons. The van der Waals surface area contributed by atoms with E-state index in [9.17, 15) is 19.1 Å². The molecule has 1 aliphatic rings. The van der Waals surface area contributed by atoms with E-state index in [0.29, 0.717) is 11.0 Å². The van der Waals surface area contributed by atoms with Gasteiger partial charge in [-0.25, -0.2) is 14.0 Å². The van der Waals surface area contributed by atoms with Crippen LogP contribution in [0.5, 0.6) is 5.88 Å². The number of carbonyl (C=O) groups excluding carboxylic acids is 1. The van der Waals surface area contributed by atoms with Crippen molar-refractivity contribution in [1.82, 2.24) is 14.6 Å². The Kier molecular flexibility index (Phi) is 9.21. The number of hydrogen-bond acceptors (Lipinski definition) is 7. The predicted octanol–water partition coefficient (Wildman–Crippen LogP) is 3.56. The third kappa shape index (κ3) is 7.12. The second-order valence-corrected chi connectivity index (χ2v) is 8.75. The number of aromatic carboxylic acids is 1. The van der Waals surface area contributed by atoms with Crippen LogP contribution < -0.4 is 15.4 Å². The van der Waals surface area contributed by atoms with Crippen LogP contribution in [0.15, 0.2) is 22.7 Å². The molecule has 0 spiro atoms. The third-order valence-electron chi connectivity index (χ3n) is 4.77. The zero-order valence-electron chi connectivity index (χ0n) is 17.2. The van der Waals surface area contributed by atoms with Gasteiger partial charge in [0.1, 0.15) is 17.4 Å². The quantitative estimate of drug-likeness (QED) is 0.402. The summed E-state index contributed by atoms with van der Waals surface area (Å²) in [6.07, 6.45) is 1.73. The summed E-state index contributed by atoms with van der Waals surface area (Å²) < 4.78 is 29.2. The van der Waals surface area contributed by atoms with Crippen LogP contribution in [-0.4, -0.2) is 65.8 Å². The average Bonchev–Trinajstić information content (AvgIpc) is 3.16. The normalized spacial score (nSPS) is 14.2. The molecule has 1 aromatic heterocycles. The Bertz CT molecular complexity index is 939. The minimum Gasteiger partial charge on any atom is -0.477 e. The Morgan fingerprint density at radius 2 is 2.09 bits per heavy atom. The fourth-order valence-corrected chi connectivity index (χ4v) is 4.12. The maximum absolute atomic E-state index is 14.0. The second-order valence-electron chi connectivity index (χ2n) is 7.06. The Hall–Kier alpha value is -2.28. The first-order chi connectivity index (χ1) is 15.4. The maximum Gasteiger partial charge on any atom is 0.344 e. The van der Waals surface area contributed by atoms with E-state index in [0.717, 1.165) is 57.2 Å². The summed E-state index contributed by atoms with van der Waals surface area (Å²) in [6.45, 7) is 4.58. The van der Waals surface area contributed by atoms with Gasteiger partial charge in [-0.1, -0.05) is 22.0 Å². The van der Waals surface area contributed by atoms with Crippen molar-refractivity contribution < 1.29 is 28.6 Å². The lowest BCUT2D eigenvalue weighted by molar-refractivity contribution is 0.0372. The van der Waals surface area contributed by atoms with Gasteiger partial charge in [0.05, 0.1) is 13.2 Å². The van der Waals surface area contributed by atoms with Crippen LogP contribution in [-0.2, 0) is 11.3 Å². The maximum atomic E-state index is 14.0. The van der Waals surface area contributed by atoms with Gasteiger partial charge in [0, 0.05) is 29.7 Å². The number of morpholine rings is 1. The number of ether oxygens (including phenoxy) is 2. The van der Waals surface area contributed by atoms with Gasteiger partial charge in [-0.05, 0) is 43.1 Å². The highest BCUT2D eigenvalue weighted by Crippen LogP contribution is 2.31. The summed E-state index contributed by atoms with van der Waals surface area (Å²) in [6, 6.07) is 3.95. The first kappa shape index (κ1) is 24.4. The fourth-order valence-electron chi connectivity index (χ4n) is 3.07. The number of anilines is 1. The van der Waals surface area contributed by atoms with Gasteiger partial charge >= 0.3 is 12.0 Å². The standard InChI is InChI=1S/C20H24BrFN4O5S/c21-14-4-3-13(15(22)11-14)12-31-17-16(19(27)28)18(32-25-17)24-20(29)23-5-1-2-6-26-7-9-30-10-8-26/h3-4,11H,1-2,5-10,12H2,(H,27,28)(H2,23,24,29). The van der Waals surface area contributed by atoms with Crippen LogP contribution in [0.25, 0.3) is 0 Å². The molecule has 0 radical (unpaired) electrons. The largest absolute Gasteiger partial charge is 0.477 e. The number of carboxylic acid groups (broad SMARTS) is 1. The molecule has 2 amide bonds. The van der Waals surface area contributed by atoms with E-state index >= 15 is 0 Å². The zero-order valence-corrected chi connectivity index (χ0v) is 19.6. The number of nitrogens with zero attached hydrogens (tertiary/aromatic N) is 2. The first-order valence-electron chi connectivity index (χ1n) is 10.1. The van der Waals surface area contributed by atoms with Crippen LogP contribution in [0, 0.1) is 5.82 Å². The van der Waals surface area contributed by atoms with Crippen LogP contribution in [0.2, 0.25) is 0 Å². The van der Waals surface area contributed by atoms with Crippen LogP contribution in [0.4, 0.5) is 14.2 Å². The number of urea groups is 1. The smallest absolute Gasteiger partial charge is 0.344 e. The number of halogens is 2. The third-order valence-corrected chi connectivity index (χ3v) is 6.01. The highest BCUT2D eigenvalue weighted by molar-refractivity contribution is 9.10. The van der Waals surface area contributed by atoms with Crippen molar-refractivity contribution in [3.05, 3.63) is 39.6 Å². The van der Waals surface area contributed by atoms with E-state index in [1.54, 1.807) is 6.07 Å². The Labute approximate surface area is 197 Å². The lowest BCUT2D eigenvalue weighted by Gasteiger charge is -2.26. The van der Waals surface area contributed by atoms with Crippen molar-refractivity contribution in [2.75, 3.05) is 44.7 Å². The summed E-state index contributed by atoms with van der Waals surface area (Å²) in [4.78, 5) is 26.2. The SMILES string of the molecule is O=C(NCCCCN1CCOCC1)Nc1snc(OCc2ccc(Br)cc2F)c1C(=O)O. The Morgan fingerprint density at radius 3 is 2.81 bits per heavy atom. The zero-order chi connectivity index (χ0) is 22.9. The van der Waals surface area contributed by atoms with E-state index in [2.05, 4.69) is 35.8 Å². The molecule has 3 rings (SSSR count). The predicted molar refractivity (Wildman–Crippen MR) is 121 cm³/mol. The second kappa shape index (κ2) is 12.1. The van der Waals surface area contributed by atoms with Gasteiger partial charge in [-0.3, -0.25) is 10.2 Å². The van der Waals surface area contributed by atoms with Crippen LogP contribution in [0.3, 0.4) is 0 Å². The van der Waals surface area contributed by atoms with Crippen molar-refractivity contribution in [2.45, 2.75) is 19.4 Å². The van der Waals surface area contributed by atoms with Gasteiger partial charge in [0.25, 0.3) is 0 Å². The van der Waals surface area contributed by atoms with Gasteiger partial charge < -0.3 is 19.9 Å². The lowest BCUT2D eigenvalue weighted by Crippen LogP contribution is -2.37. The van der Waals surface area contributed by atoms with E-state index in [1.807, 2.05) is 0 Å². The fraction of sp³-hybridized carbons (Fsp3) is 0.450. The molecular formula is C20H24BrFN4O5S. The molecule has 2 aromatic rings. The molecule has 0 bridgehead atoms. The monoisotopic (exact) mass is 530 g/mol. The number of amides is 2. The molecule has 1 aromatic carbocycles. The lowest BCUT2D eigenvalue weighted by atomic mass is 10.2. The molecule has 1 aliphatic heterocycles.